The predicted molar refractivity (Wildman–Crippen MR) is 54.6 cm³/mol. The van der Waals surface area contributed by atoms with Gasteiger partial charge in [0.15, 0.2) is 11.5 Å². The molecular weight excluding hydrogens is 280 g/mol. The first-order chi connectivity index (χ1) is 7.59. The van der Waals surface area contributed by atoms with Crippen LogP contribution in [0, 0.1) is 0 Å². The van der Waals surface area contributed by atoms with Crippen molar-refractivity contribution in [3.05, 3.63) is 23.8 Å². The van der Waals surface area contributed by atoms with Crippen LogP contribution in [0.25, 0.3) is 0 Å². The summed E-state index contributed by atoms with van der Waals surface area (Å²) in [5.41, 5.74) is 0.373. The predicted octanol–water partition coefficient (Wildman–Crippen LogP) is 0.111. The average Bonchev–Trinajstić information content (AvgIpc) is 2.53. The Balaban J connectivity index is 2.29. The maximum atomic E-state index is 11.5. The lowest BCUT2D eigenvalue weighted by Gasteiger charge is -2.10. The second-order valence-corrected chi connectivity index (χ2v) is 3.92. The summed E-state index contributed by atoms with van der Waals surface area (Å²) < 4.78 is 10.2. The van der Waals surface area contributed by atoms with E-state index in [1.165, 1.54) is 6.07 Å². The largest absolute Gasteiger partial charge is 0.546 e. The maximum Gasteiger partial charge on any atom is 0.218 e. The summed E-state index contributed by atoms with van der Waals surface area (Å²) in [5.74, 6) is -1.07. The standard InChI is InChI=1S/C10H7BrO5/c11-10-8(14)5-2-1-3-6(9(5)16-10)15-4-7(12)13/h1-3,10H,4H2,(H,12,13)/p-1. The van der Waals surface area contributed by atoms with Gasteiger partial charge in [-0.1, -0.05) is 6.07 Å². The summed E-state index contributed by atoms with van der Waals surface area (Å²) in [6.07, 6.45) is 0. The third-order valence-electron chi connectivity index (χ3n) is 2.02. The first-order valence-electron chi connectivity index (χ1n) is 4.40. The second kappa shape index (κ2) is 4.13. The quantitative estimate of drug-likeness (QED) is 0.737. The van der Waals surface area contributed by atoms with E-state index in [2.05, 4.69) is 15.9 Å². The van der Waals surface area contributed by atoms with Crippen LogP contribution in [0.1, 0.15) is 10.4 Å². The van der Waals surface area contributed by atoms with Gasteiger partial charge < -0.3 is 19.4 Å². The molecule has 6 heteroatoms. The number of benzene rings is 1. The van der Waals surface area contributed by atoms with Crippen molar-refractivity contribution >= 4 is 27.7 Å². The van der Waals surface area contributed by atoms with Gasteiger partial charge in [-0.2, -0.15) is 0 Å². The molecule has 0 fully saturated rings. The molecule has 0 aliphatic carbocycles. The van der Waals surface area contributed by atoms with E-state index in [1.807, 2.05) is 0 Å². The van der Waals surface area contributed by atoms with Crippen molar-refractivity contribution in [2.24, 2.45) is 0 Å². The van der Waals surface area contributed by atoms with Crippen molar-refractivity contribution in [3.8, 4) is 11.5 Å². The molecule has 0 spiro atoms. The smallest absolute Gasteiger partial charge is 0.218 e. The molecular formula is C10H6BrO5-. The van der Waals surface area contributed by atoms with Crippen molar-refractivity contribution in [2.75, 3.05) is 6.61 Å². The van der Waals surface area contributed by atoms with E-state index in [0.717, 1.165) is 0 Å². The van der Waals surface area contributed by atoms with Gasteiger partial charge in [0.1, 0.15) is 6.61 Å². The van der Waals surface area contributed by atoms with E-state index < -0.39 is 17.6 Å². The molecule has 84 valence electrons. The molecule has 1 aliphatic rings. The number of rotatable bonds is 3. The van der Waals surface area contributed by atoms with E-state index >= 15 is 0 Å². The van der Waals surface area contributed by atoms with Gasteiger partial charge in [-0.3, -0.25) is 4.79 Å². The van der Waals surface area contributed by atoms with Crippen molar-refractivity contribution in [1.82, 2.24) is 0 Å². The highest BCUT2D eigenvalue weighted by Crippen LogP contribution is 2.39. The lowest BCUT2D eigenvalue weighted by atomic mass is 10.1. The number of carbonyl (C=O) groups is 2. The molecule has 0 bridgehead atoms. The van der Waals surface area contributed by atoms with E-state index in [-0.39, 0.29) is 17.3 Å². The molecule has 0 aromatic heterocycles. The number of carbonyl (C=O) groups excluding carboxylic acids is 2. The maximum absolute atomic E-state index is 11.5. The number of carboxylic acid groups (broad SMARTS) is 1. The van der Waals surface area contributed by atoms with E-state index in [1.54, 1.807) is 12.1 Å². The minimum atomic E-state index is -1.34. The number of aliphatic carboxylic acids is 1. The van der Waals surface area contributed by atoms with Crippen molar-refractivity contribution in [1.29, 1.82) is 0 Å². The lowest BCUT2D eigenvalue weighted by Crippen LogP contribution is -2.29. The van der Waals surface area contributed by atoms with Gasteiger partial charge in [0, 0.05) is 0 Å². The molecule has 1 heterocycles. The number of para-hydroxylation sites is 1. The summed E-state index contributed by atoms with van der Waals surface area (Å²) >= 11 is 3.04. The third-order valence-corrected chi connectivity index (χ3v) is 2.62. The van der Waals surface area contributed by atoms with Gasteiger partial charge in [0.25, 0.3) is 0 Å². The van der Waals surface area contributed by atoms with Crippen molar-refractivity contribution in [2.45, 2.75) is 5.01 Å². The van der Waals surface area contributed by atoms with Gasteiger partial charge in [-0.05, 0) is 28.1 Å². The SMILES string of the molecule is O=C([O-])COc1cccc2c1OC(Br)C2=O. The van der Waals surface area contributed by atoms with Crippen LogP contribution < -0.4 is 14.6 Å². The number of fused-ring (bicyclic) bond motifs is 1. The summed E-state index contributed by atoms with van der Waals surface area (Å²) in [6.45, 7) is -0.582. The molecule has 1 unspecified atom stereocenters. The molecule has 1 aromatic carbocycles. The Bertz CT molecular complexity index is 457. The van der Waals surface area contributed by atoms with Crippen LogP contribution in [-0.4, -0.2) is 23.4 Å². The summed E-state index contributed by atoms with van der Waals surface area (Å²) in [5, 5.41) is 9.51. The van der Waals surface area contributed by atoms with E-state index in [4.69, 9.17) is 9.47 Å². The molecule has 1 aromatic rings. The first kappa shape index (κ1) is 10.9. The van der Waals surface area contributed by atoms with Crippen LogP contribution in [0.5, 0.6) is 11.5 Å². The Morgan fingerprint density at radius 3 is 3.00 bits per heavy atom. The van der Waals surface area contributed by atoms with Crippen LogP contribution in [0.4, 0.5) is 0 Å². The van der Waals surface area contributed by atoms with Gasteiger partial charge >= 0.3 is 0 Å². The molecule has 1 aliphatic heterocycles. The van der Waals surface area contributed by atoms with Gasteiger partial charge in [0.2, 0.25) is 10.8 Å². The van der Waals surface area contributed by atoms with E-state index in [0.29, 0.717) is 5.56 Å². The van der Waals surface area contributed by atoms with Crippen LogP contribution in [0.15, 0.2) is 18.2 Å². The fourth-order valence-corrected chi connectivity index (χ4v) is 1.79. The zero-order chi connectivity index (χ0) is 11.7. The monoisotopic (exact) mass is 285 g/mol. The number of Topliss-reactive ketones (excluding diaryl/α,β-unsaturated/α-hetero) is 1. The third kappa shape index (κ3) is 1.88. The minimum absolute atomic E-state index is 0.214. The molecule has 0 N–H and O–H groups in total. The van der Waals surface area contributed by atoms with E-state index in [9.17, 15) is 14.7 Å². The molecule has 16 heavy (non-hydrogen) atoms. The van der Waals surface area contributed by atoms with Crippen LogP contribution in [0.3, 0.4) is 0 Å². The Kier molecular flexibility index (Phi) is 2.82. The Morgan fingerprint density at radius 1 is 1.56 bits per heavy atom. The zero-order valence-electron chi connectivity index (χ0n) is 7.94. The van der Waals surface area contributed by atoms with Crippen molar-refractivity contribution in [3.63, 3.8) is 0 Å². The fraction of sp³-hybridized carbons (Fsp3) is 0.200. The summed E-state index contributed by atoms with van der Waals surface area (Å²) in [6, 6.07) is 4.71. The molecule has 5 nitrogen and oxygen atoms in total. The minimum Gasteiger partial charge on any atom is -0.546 e. The molecule has 1 atom stereocenters. The summed E-state index contributed by atoms with van der Waals surface area (Å²) in [7, 11) is 0. The molecule has 0 radical (unpaired) electrons. The average molecular weight is 286 g/mol. The van der Waals surface area contributed by atoms with Crippen LogP contribution >= 0.6 is 15.9 Å². The molecule has 0 saturated carbocycles. The highest BCUT2D eigenvalue weighted by Gasteiger charge is 2.32. The summed E-state index contributed by atoms with van der Waals surface area (Å²) in [4.78, 5) is 21.8. The highest BCUT2D eigenvalue weighted by atomic mass is 79.9. The number of halogens is 1. The normalized spacial score (nSPS) is 17.8. The molecule has 2 rings (SSSR count). The van der Waals surface area contributed by atoms with Gasteiger partial charge in [0.05, 0.1) is 11.5 Å². The molecule has 0 saturated heterocycles. The Morgan fingerprint density at radius 2 is 2.31 bits per heavy atom. The zero-order valence-corrected chi connectivity index (χ0v) is 9.52. The fourth-order valence-electron chi connectivity index (χ4n) is 1.36. The molecule has 0 amide bonds. The van der Waals surface area contributed by atoms with Crippen molar-refractivity contribution < 1.29 is 24.2 Å². The topological polar surface area (TPSA) is 75.7 Å². The Hall–Kier alpha value is -1.56. The number of alkyl halides is 1. The Labute approximate surface area is 99.1 Å². The number of carboxylic acids is 1. The second-order valence-electron chi connectivity index (χ2n) is 3.09. The first-order valence-corrected chi connectivity index (χ1v) is 5.32. The van der Waals surface area contributed by atoms with Gasteiger partial charge in [-0.25, -0.2) is 0 Å². The number of hydrogen-bond donors (Lipinski definition) is 0. The lowest BCUT2D eigenvalue weighted by molar-refractivity contribution is -0.307. The van der Waals surface area contributed by atoms with Crippen LogP contribution in [-0.2, 0) is 4.79 Å². The number of ketones is 1. The van der Waals surface area contributed by atoms with Gasteiger partial charge in [-0.15, -0.1) is 0 Å². The van der Waals surface area contributed by atoms with Crippen LogP contribution in [0.2, 0.25) is 0 Å². The highest BCUT2D eigenvalue weighted by molar-refractivity contribution is 9.09. The number of ether oxygens (including phenoxy) is 2. The number of hydrogen-bond acceptors (Lipinski definition) is 5.